The van der Waals surface area contributed by atoms with Gasteiger partial charge in [0, 0.05) is 76.9 Å². The molecule has 0 fully saturated rings. The predicted molar refractivity (Wildman–Crippen MR) is 635 cm³/mol. The van der Waals surface area contributed by atoms with E-state index in [0.717, 1.165) is 156 Å². The highest BCUT2D eigenvalue weighted by molar-refractivity contribution is 6.24. The first kappa shape index (κ1) is 92.6. The van der Waals surface area contributed by atoms with E-state index in [1.165, 1.54) is 138 Å². The van der Waals surface area contributed by atoms with Crippen LogP contribution in [0.25, 0.3) is 131 Å². The fourth-order valence-electron chi connectivity index (χ4n) is 25.8. The third-order valence-corrected chi connectivity index (χ3v) is 31.7. The summed E-state index contributed by atoms with van der Waals surface area (Å²) in [6, 6.07) is 173. The number of para-hydroxylation sites is 12. The Kier molecular flexibility index (Phi) is 22.1. The monoisotopic (exact) mass is 1930 g/mol. The molecule has 150 heavy (non-hydrogen) atoms. The Morgan fingerprint density at radius 1 is 0.187 bits per heavy atom. The van der Waals surface area contributed by atoms with E-state index in [-0.39, 0.29) is 29.7 Å². The Labute approximate surface area is 875 Å². The fraction of sp³-hybridized carbons (Fsp3) is 0.0845. The van der Waals surface area contributed by atoms with E-state index >= 15 is 0 Å². The highest BCUT2D eigenvalue weighted by Gasteiger charge is 2.56. The predicted octanol–water partition coefficient (Wildman–Crippen LogP) is 40.8. The molecule has 0 radical (unpaired) electrons. The van der Waals surface area contributed by atoms with Crippen LogP contribution in [0.5, 0.6) is 0 Å². The topological polar surface area (TPSA) is 55.6 Å². The summed E-state index contributed by atoms with van der Waals surface area (Å²) in [5.41, 5.74) is 42.0. The molecule has 30 rings (SSSR count). The third-order valence-electron chi connectivity index (χ3n) is 31.7. The van der Waals surface area contributed by atoms with E-state index < -0.39 is 10.8 Å². The summed E-state index contributed by atoms with van der Waals surface area (Å²) in [5, 5.41) is 16.1. The van der Waals surface area contributed by atoms with Gasteiger partial charge in [0.2, 0.25) is 0 Å². The molecular formula is C142H111N5O3. The highest BCUT2D eigenvalue weighted by atomic mass is 16.3. The van der Waals surface area contributed by atoms with Crippen molar-refractivity contribution in [3.05, 3.63) is 545 Å². The Bertz CT molecular complexity index is 9620. The lowest BCUT2D eigenvalue weighted by molar-refractivity contribution is 0.666. The van der Waals surface area contributed by atoms with Gasteiger partial charge in [-0.3, -0.25) is 0 Å². The minimum Gasteiger partial charge on any atom is -0.454 e. The molecule has 2 aliphatic carbocycles. The van der Waals surface area contributed by atoms with Gasteiger partial charge < -0.3 is 37.8 Å². The molecule has 0 bridgehead atoms. The molecule has 8 heteroatoms. The summed E-state index contributed by atoms with van der Waals surface area (Å²) in [7, 11) is 0. The van der Waals surface area contributed by atoms with Crippen LogP contribution in [0.4, 0.5) is 85.3 Å². The van der Waals surface area contributed by atoms with Crippen molar-refractivity contribution in [1.82, 2.24) is 0 Å². The van der Waals surface area contributed by atoms with E-state index in [1.54, 1.807) is 0 Å². The number of hydrogen-bond acceptors (Lipinski definition) is 8. The molecule has 5 heterocycles. The first-order valence-electron chi connectivity index (χ1n) is 50.6. The molecule has 0 amide bonds. The van der Waals surface area contributed by atoms with E-state index in [4.69, 9.17) is 13.3 Å². The molecular weight excluding hydrogens is 1820 g/mol. The number of rotatable bonds is 11. The molecule has 722 valence electrons. The van der Waals surface area contributed by atoms with Crippen LogP contribution in [-0.2, 0) is 10.8 Å². The van der Waals surface area contributed by atoms with Crippen LogP contribution in [-0.4, -0.2) is 0 Å². The van der Waals surface area contributed by atoms with Gasteiger partial charge >= 0.3 is 0 Å². The van der Waals surface area contributed by atoms with Crippen LogP contribution < -0.4 is 24.5 Å². The van der Waals surface area contributed by atoms with Crippen molar-refractivity contribution >= 4 is 194 Å². The van der Waals surface area contributed by atoms with Gasteiger partial charge in [0.1, 0.15) is 16.7 Å². The first-order valence-corrected chi connectivity index (χ1v) is 50.6. The quantitative estimate of drug-likeness (QED) is 0.127. The summed E-state index contributed by atoms with van der Waals surface area (Å²) in [6.07, 6.45) is 0. The average Bonchev–Trinajstić information content (AvgIpc) is 1.46. The molecule has 3 aromatic heterocycles. The van der Waals surface area contributed by atoms with Crippen molar-refractivity contribution in [2.24, 2.45) is 0 Å². The van der Waals surface area contributed by atoms with Crippen molar-refractivity contribution in [1.29, 1.82) is 0 Å². The summed E-state index contributed by atoms with van der Waals surface area (Å²) < 4.78 is 21.1. The summed E-state index contributed by atoms with van der Waals surface area (Å²) >= 11 is 0. The smallest absolute Gasteiger partial charge is 0.159 e. The molecule has 0 unspecified atom stereocenters. The maximum Gasteiger partial charge on any atom is 0.159 e. The zero-order valence-electron chi connectivity index (χ0n) is 81.4. The Balaban J connectivity index is 0.000000158. The van der Waals surface area contributed by atoms with E-state index in [9.17, 15) is 0 Å². The maximum absolute atomic E-state index is 7.04. The third kappa shape index (κ3) is 13.3. The maximum atomic E-state index is 7.04. The lowest BCUT2D eigenvalue weighted by Crippen LogP contribution is -2.36. The minimum atomic E-state index is -0.889. The lowest BCUT2D eigenvalue weighted by atomic mass is 9.64. The van der Waals surface area contributed by atoms with Crippen molar-refractivity contribution in [2.45, 2.75) is 82.1 Å². The normalized spacial score (nSPS) is 12.9. The lowest BCUT2D eigenvalue weighted by Gasteiger charge is -2.45. The molecule has 0 atom stereocenters. The second-order valence-electron chi connectivity index (χ2n) is 39.8. The van der Waals surface area contributed by atoms with E-state index in [0.29, 0.717) is 0 Å². The molecule has 0 N–H and O–H groups in total. The summed E-state index contributed by atoms with van der Waals surface area (Å²) in [6.45, 7) is 13.1. The van der Waals surface area contributed by atoms with Gasteiger partial charge in [0.15, 0.2) is 16.7 Å². The largest absolute Gasteiger partial charge is 0.454 e. The molecule has 2 spiro atoms. The van der Waals surface area contributed by atoms with Gasteiger partial charge in [0.05, 0.1) is 67.7 Å². The summed E-state index contributed by atoms with van der Waals surface area (Å²) in [5.74, 6) is 0. The van der Waals surface area contributed by atoms with Gasteiger partial charge in [-0.05, 0) is 273 Å². The van der Waals surface area contributed by atoms with Gasteiger partial charge in [-0.1, -0.05) is 392 Å². The van der Waals surface area contributed by atoms with Gasteiger partial charge in [-0.2, -0.15) is 0 Å². The second-order valence-corrected chi connectivity index (χ2v) is 39.8. The first-order chi connectivity index (χ1) is 72.0. The van der Waals surface area contributed by atoms with Crippen LogP contribution in [0.1, 0.15) is 108 Å². The zero-order valence-corrected chi connectivity index (χ0v) is 81.4. The molecule has 8 nitrogen and oxygen atoms in total. The van der Waals surface area contributed by atoms with E-state index in [2.05, 4.69) is 533 Å². The van der Waals surface area contributed by atoms with Crippen LogP contribution in [0.2, 0.25) is 0 Å². The number of benzene rings is 23. The van der Waals surface area contributed by atoms with E-state index in [1.807, 2.05) is 0 Å². The van der Waals surface area contributed by atoms with Crippen molar-refractivity contribution in [3.63, 3.8) is 0 Å². The highest BCUT2D eigenvalue weighted by Crippen LogP contribution is 2.71. The van der Waals surface area contributed by atoms with Gasteiger partial charge in [-0.25, -0.2) is 0 Å². The Morgan fingerprint density at radius 2 is 0.500 bits per heavy atom. The SMILES string of the molecule is C.C.C.C.Cc1ccc(N(c2cc3c(c4ccccc24)-c2c(cc(N(c4ccc(C)cc4C)c4cccc5c4oc4ccccc45)c4ccccc24)C32c3ccccc3N(c3ccccc3)c3ccccc32)c2cccc3c2oc2ccccc23)c(C)c1.Cc1ccc(N(c2cc3c(c4ccccc24)-c2c(ccc4ccccc24)C32c3ccccc3N(c3ccccc3)c3ccccc32)c2cccc3c2oc2c(C)cccc23)cc1. The molecule has 26 aromatic rings. The molecule has 0 saturated carbocycles. The van der Waals surface area contributed by atoms with Crippen LogP contribution in [0.3, 0.4) is 0 Å². The van der Waals surface area contributed by atoms with Crippen LogP contribution in [0.15, 0.2) is 480 Å². The van der Waals surface area contributed by atoms with Crippen molar-refractivity contribution in [2.75, 3.05) is 24.5 Å². The number of anilines is 15. The standard InChI is InChI=1S/C79H55N3O2.C59H40N2O.4CH4/c1-48-40-42-65(50(3)44-48)81(69-36-20-30-59-55-26-12-18-38-73(55)83-77(59)69)71-46-63-75(57-28-10-8-24-53(57)71)76-58-29-11-9-25-54(58)72(82(66-43-41-49(2)45-51(66)4)70-37-21-31-60-56-27-13-19-39-74(56)84-78(60)70)47-64(76)79(63)61-32-14-16-34-67(61)80(52-22-6-5-7-23-52)68-35-17-15-33-62(68)79;1-37-30-33-41(34-31-37)61(53-29-15-24-46-45-23-14-16-38(2)57(45)62-58(46)53)54-36-50-56(44-22-9-8-21-43(44)54)55-42-20-7-6-17-39(42)32-35-49(55)59(50)47-25-10-12-27-51(47)60(40-18-4-3-5-19-40)52-28-13-11-26-48(52)59;;;;/h5-47H,1-4H3;3-36H,1-2H3;4*1H4. The minimum absolute atomic E-state index is 0. The van der Waals surface area contributed by atoms with Gasteiger partial charge in [0.25, 0.3) is 0 Å². The summed E-state index contributed by atoms with van der Waals surface area (Å²) in [4.78, 5) is 12.4. The van der Waals surface area contributed by atoms with Crippen LogP contribution >= 0.6 is 0 Å². The van der Waals surface area contributed by atoms with Gasteiger partial charge in [-0.15, -0.1) is 0 Å². The number of hydrogen-bond donors (Lipinski definition) is 0. The number of nitrogens with zero attached hydrogens (tertiary/aromatic N) is 5. The number of fused-ring (bicyclic) bond motifs is 35. The number of aryl methyl sites for hydroxylation is 6. The Morgan fingerprint density at radius 3 is 0.927 bits per heavy atom. The second kappa shape index (κ2) is 35.7. The number of furan rings is 3. The zero-order chi connectivity index (χ0) is 97.1. The molecule has 23 aromatic carbocycles. The average molecular weight is 1940 g/mol. The molecule has 0 saturated heterocycles. The van der Waals surface area contributed by atoms with Crippen molar-refractivity contribution < 1.29 is 13.3 Å². The Hall–Kier alpha value is -18.5. The van der Waals surface area contributed by atoms with Crippen molar-refractivity contribution in [3.8, 4) is 22.3 Å². The fourth-order valence-corrected chi connectivity index (χ4v) is 25.8. The molecule has 2 aliphatic heterocycles. The van der Waals surface area contributed by atoms with Crippen LogP contribution in [0, 0.1) is 41.5 Å². The molecule has 4 aliphatic rings.